The Morgan fingerprint density at radius 3 is 2.55 bits per heavy atom. The second kappa shape index (κ2) is 8.68. The maximum Gasteiger partial charge on any atom is 0.225 e. The highest BCUT2D eigenvalue weighted by Gasteiger charge is 2.36. The van der Waals surface area contributed by atoms with Gasteiger partial charge < -0.3 is 15.0 Å². The van der Waals surface area contributed by atoms with Gasteiger partial charge >= 0.3 is 0 Å². The topological polar surface area (TPSA) is 58.6 Å². The third kappa shape index (κ3) is 4.97. The van der Waals surface area contributed by atoms with Crippen LogP contribution in [0.4, 0.5) is 0 Å². The van der Waals surface area contributed by atoms with Crippen molar-refractivity contribution in [3.05, 3.63) is 59.7 Å². The van der Waals surface area contributed by atoms with Crippen molar-refractivity contribution in [3.63, 3.8) is 0 Å². The number of aryl methyl sites for hydroxylation is 1. The van der Waals surface area contributed by atoms with Crippen LogP contribution in [0.2, 0.25) is 0 Å². The summed E-state index contributed by atoms with van der Waals surface area (Å²) < 4.78 is 6.02. The molecule has 0 bridgehead atoms. The van der Waals surface area contributed by atoms with Gasteiger partial charge in [0, 0.05) is 31.1 Å². The summed E-state index contributed by atoms with van der Waals surface area (Å²) >= 11 is 0. The molecule has 0 spiro atoms. The first kappa shape index (κ1) is 19.5. The number of amides is 2. The van der Waals surface area contributed by atoms with Gasteiger partial charge in [0.15, 0.2) is 0 Å². The molecule has 1 saturated carbocycles. The number of rotatable bonds is 6. The number of carbonyl (C=O) groups excluding carboxylic acids is 2. The van der Waals surface area contributed by atoms with Crippen molar-refractivity contribution in [3.8, 4) is 11.5 Å². The van der Waals surface area contributed by atoms with Crippen LogP contribution in [0.1, 0.15) is 36.8 Å². The summed E-state index contributed by atoms with van der Waals surface area (Å²) in [7, 11) is 0. The van der Waals surface area contributed by atoms with E-state index in [0.29, 0.717) is 13.1 Å². The fraction of sp³-hybridized carbons (Fsp3) is 0.417. The second-order valence-corrected chi connectivity index (χ2v) is 8.14. The van der Waals surface area contributed by atoms with Crippen LogP contribution in [-0.2, 0) is 16.1 Å². The molecular formula is C24H28N2O3. The molecule has 2 aliphatic rings. The summed E-state index contributed by atoms with van der Waals surface area (Å²) in [6.07, 6.45) is 3.74. The quantitative estimate of drug-likeness (QED) is 0.807. The molecule has 1 N–H and O–H groups in total. The molecule has 1 saturated heterocycles. The molecule has 29 heavy (non-hydrogen) atoms. The van der Waals surface area contributed by atoms with Gasteiger partial charge in [0.05, 0.1) is 5.92 Å². The minimum atomic E-state index is -0.128. The maximum atomic E-state index is 12.7. The van der Waals surface area contributed by atoms with Crippen molar-refractivity contribution in [2.75, 3.05) is 13.1 Å². The Morgan fingerprint density at radius 1 is 1.03 bits per heavy atom. The van der Waals surface area contributed by atoms with Crippen molar-refractivity contribution in [2.45, 2.75) is 39.2 Å². The van der Waals surface area contributed by atoms with E-state index in [4.69, 9.17) is 4.74 Å². The van der Waals surface area contributed by atoms with Crippen LogP contribution in [0, 0.1) is 18.8 Å². The Hall–Kier alpha value is -2.82. The lowest BCUT2D eigenvalue weighted by molar-refractivity contribution is -0.136. The zero-order chi connectivity index (χ0) is 20.2. The van der Waals surface area contributed by atoms with E-state index in [-0.39, 0.29) is 23.7 Å². The van der Waals surface area contributed by atoms with Gasteiger partial charge in [-0.1, -0.05) is 35.9 Å². The second-order valence-electron chi connectivity index (χ2n) is 8.14. The van der Waals surface area contributed by atoms with Crippen molar-refractivity contribution in [1.82, 2.24) is 10.2 Å². The molecule has 1 heterocycles. The van der Waals surface area contributed by atoms with Gasteiger partial charge in [0.1, 0.15) is 11.5 Å². The molecule has 2 fully saturated rings. The third-order valence-electron chi connectivity index (χ3n) is 5.70. The third-order valence-corrected chi connectivity index (χ3v) is 5.70. The fourth-order valence-corrected chi connectivity index (χ4v) is 3.79. The lowest BCUT2D eigenvalue weighted by Crippen LogP contribution is -2.45. The molecule has 5 heteroatoms. The number of para-hydroxylation sites is 1. The summed E-state index contributed by atoms with van der Waals surface area (Å²) in [6, 6.07) is 15.7. The molecule has 1 aliphatic heterocycles. The average molecular weight is 392 g/mol. The molecule has 2 aromatic carbocycles. The van der Waals surface area contributed by atoms with Gasteiger partial charge in [0.25, 0.3) is 0 Å². The number of piperidine rings is 1. The highest BCUT2D eigenvalue weighted by molar-refractivity contribution is 5.83. The Balaban J connectivity index is 1.35. The molecule has 5 nitrogen and oxygen atoms in total. The van der Waals surface area contributed by atoms with Gasteiger partial charge in [-0.25, -0.2) is 0 Å². The first-order valence-electron chi connectivity index (χ1n) is 10.5. The Morgan fingerprint density at radius 2 is 1.79 bits per heavy atom. The molecule has 4 rings (SSSR count). The largest absolute Gasteiger partial charge is 0.457 e. The Kier molecular flexibility index (Phi) is 5.84. The fourth-order valence-electron chi connectivity index (χ4n) is 3.79. The maximum absolute atomic E-state index is 12.7. The molecular weight excluding hydrogens is 364 g/mol. The van der Waals surface area contributed by atoms with Gasteiger partial charge in [-0.15, -0.1) is 0 Å². The Bertz CT molecular complexity index is 874. The first-order chi connectivity index (χ1) is 14.1. The number of ether oxygens (including phenoxy) is 1. The van der Waals surface area contributed by atoms with E-state index in [1.807, 2.05) is 60.4 Å². The monoisotopic (exact) mass is 392 g/mol. The number of likely N-dealkylation sites (tertiary alicyclic amines) is 1. The summed E-state index contributed by atoms with van der Waals surface area (Å²) in [6.45, 7) is 3.78. The van der Waals surface area contributed by atoms with Crippen LogP contribution in [0.5, 0.6) is 11.5 Å². The molecule has 0 radical (unpaired) electrons. The van der Waals surface area contributed by atoms with Crippen LogP contribution in [0.15, 0.2) is 48.5 Å². The van der Waals surface area contributed by atoms with Crippen molar-refractivity contribution < 1.29 is 14.3 Å². The molecule has 1 unspecified atom stereocenters. The number of nitrogens with zero attached hydrogens (tertiary/aromatic N) is 1. The zero-order valence-electron chi connectivity index (χ0n) is 16.9. The first-order valence-corrected chi connectivity index (χ1v) is 10.5. The summed E-state index contributed by atoms with van der Waals surface area (Å²) in [5.74, 6) is 1.85. The van der Waals surface area contributed by atoms with Gasteiger partial charge in [-0.2, -0.15) is 0 Å². The number of nitrogens with one attached hydrogen (secondary N) is 1. The highest BCUT2D eigenvalue weighted by Crippen LogP contribution is 2.32. The number of hydrogen-bond acceptors (Lipinski definition) is 3. The lowest BCUT2D eigenvalue weighted by atomic mass is 9.96. The molecule has 152 valence electrons. The average Bonchev–Trinajstić information content (AvgIpc) is 3.59. The molecule has 1 aliphatic carbocycles. The van der Waals surface area contributed by atoms with E-state index in [1.165, 1.54) is 5.56 Å². The molecule has 2 aromatic rings. The standard InChI is InChI=1S/C24H28N2O3/c1-17-8-12-21(13-9-17)29-22-7-3-2-5-19(22)15-25-23(27)20-6-4-14-26(16-20)24(28)18-10-11-18/h2-3,5,7-9,12-13,18,20H,4,6,10-11,14-16H2,1H3,(H,25,27). The normalized spacial score (nSPS) is 18.9. The lowest BCUT2D eigenvalue weighted by Gasteiger charge is -2.32. The predicted molar refractivity (Wildman–Crippen MR) is 112 cm³/mol. The van der Waals surface area contributed by atoms with Gasteiger partial charge in [-0.05, 0) is 50.8 Å². The summed E-state index contributed by atoms with van der Waals surface area (Å²) in [5.41, 5.74) is 2.11. The smallest absolute Gasteiger partial charge is 0.225 e. The van der Waals surface area contributed by atoms with Crippen LogP contribution >= 0.6 is 0 Å². The summed E-state index contributed by atoms with van der Waals surface area (Å²) in [4.78, 5) is 27.0. The van der Waals surface area contributed by atoms with E-state index < -0.39 is 0 Å². The zero-order valence-corrected chi connectivity index (χ0v) is 16.9. The van der Waals surface area contributed by atoms with Crippen molar-refractivity contribution in [1.29, 1.82) is 0 Å². The molecule has 0 aromatic heterocycles. The SMILES string of the molecule is Cc1ccc(Oc2ccccc2CNC(=O)C2CCCN(C(=O)C3CC3)C2)cc1. The van der Waals surface area contributed by atoms with Gasteiger partial charge in [0.2, 0.25) is 11.8 Å². The predicted octanol–water partition coefficient (Wildman–Crippen LogP) is 4.05. The van der Waals surface area contributed by atoms with E-state index >= 15 is 0 Å². The molecule has 1 atom stereocenters. The van der Waals surface area contributed by atoms with E-state index in [2.05, 4.69) is 5.32 Å². The van der Waals surface area contributed by atoms with E-state index in [9.17, 15) is 9.59 Å². The van der Waals surface area contributed by atoms with Crippen LogP contribution in [-0.4, -0.2) is 29.8 Å². The Labute approximate surface area is 172 Å². The number of hydrogen-bond donors (Lipinski definition) is 1. The van der Waals surface area contributed by atoms with Gasteiger partial charge in [-0.3, -0.25) is 9.59 Å². The number of carbonyl (C=O) groups is 2. The van der Waals surface area contributed by atoms with Crippen molar-refractivity contribution in [2.24, 2.45) is 11.8 Å². The summed E-state index contributed by atoms with van der Waals surface area (Å²) in [5, 5.41) is 3.05. The minimum Gasteiger partial charge on any atom is -0.457 e. The van der Waals surface area contributed by atoms with Crippen LogP contribution < -0.4 is 10.1 Å². The minimum absolute atomic E-state index is 0.0171. The van der Waals surface area contributed by atoms with Crippen LogP contribution in [0.3, 0.4) is 0 Å². The number of benzene rings is 2. The van der Waals surface area contributed by atoms with E-state index in [0.717, 1.165) is 49.3 Å². The van der Waals surface area contributed by atoms with Crippen LogP contribution in [0.25, 0.3) is 0 Å². The van der Waals surface area contributed by atoms with Crippen molar-refractivity contribution >= 4 is 11.8 Å². The highest BCUT2D eigenvalue weighted by atomic mass is 16.5. The molecule has 2 amide bonds. The van der Waals surface area contributed by atoms with E-state index in [1.54, 1.807) is 0 Å².